The fraction of sp³-hybridized carbons (Fsp3) is 0.438. The summed E-state index contributed by atoms with van der Waals surface area (Å²) in [6.45, 7) is 5.14. The van der Waals surface area contributed by atoms with Crippen molar-refractivity contribution in [1.29, 1.82) is 0 Å². The number of nitrogens with zero attached hydrogens (tertiary/aromatic N) is 5. The average Bonchev–Trinajstić information content (AvgIpc) is 2.55. The van der Waals surface area contributed by atoms with E-state index in [1.807, 2.05) is 31.1 Å². The number of hydrogen-bond donors (Lipinski definition) is 1. The van der Waals surface area contributed by atoms with Crippen LogP contribution in [-0.4, -0.2) is 54.7 Å². The minimum atomic E-state index is 0.420. The van der Waals surface area contributed by atoms with Crippen molar-refractivity contribution < 1.29 is 0 Å². The maximum absolute atomic E-state index is 4.73. The van der Waals surface area contributed by atoms with E-state index in [4.69, 9.17) is 4.98 Å². The summed E-state index contributed by atoms with van der Waals surface area (Å²) in [4.78, 5) is 17.8. The summed E-state index contributed by atoms with van der Waals surface area (Å²) in [5, 5.41) is 3.41. The van der Waals surface area contributed by atoms with Crippen molar-refractivity contribution in [1.82, 2.24) is 20.3 Å². The zero-order valence-corrected chi connectivity index (χ0v) is 13.3. The molecule has 116 valence electrons. The van der Waals surface area contributed by atoms with Gasteiger partial charge in [0.15, 0.2) is 0 Å². The molecular formula is C16H22N6. The van der Waals surface area contributed by atoms with Gasteiger partial charge in [0.1, 0.15) is 5.82 Å². The predicted molar refractivity (Wildman–Crippen MR) is 89.3 cm³/mol. The molecule has 6 heteroatoms. The van der Waals surface area contributed by atoms with Crippen LogP contribution in [0, 0.1) is 0 Å². The second-order valence-corrected chi connectivity index (χ2v) is 5.79. The van der Waals surface area contributed by atoms with Gasteiger partial charge in [-0.15, -0.1) is 0 Å². The highest BCUT2D eigenvalue weighted by Gasteiger charge is 2.21. The lowest BCUT2D eigenvalue weighted by molar-refractivity contribution is 0.497. The van der Waals surface area contributed by atoms with Crippen LogP contribution in [0.4, 0.5) is 11.8 Å². The van der Waals surface area contributed by atoms with Crippen molar-refractivity contribution in [3.8, 4) is 11.3 Å². The molecule has 0 spiro atoms. The maximum Gasteiger partial charge on any atom is 0.227 e. The summed E-state index contributed by atoms with van der Waals surface area (Å²) in [7, 11) is 3.94. The lowest BCUT2D eigenvalue weighted by Gasteiger charge is -2.35. The topological polar surface area (TPSA) is 57.2 Å². The predicted octanol–water partition coefficient (Wildman–Crippen LogP) is 1.40. The summed E-state index contributed by atoms with van der Waals surface area (Å²) < 4.78 is 0. The molecule has 0 aromatic carbocycles. The van der Waals surface area contributed by atoms with Gasteiger partial charge in [0.05, 0.1) is 5.69 Å². The molecule has 1 N–H and O–H groups in total. The highest BCUT2D eigenvalue weighted by Crippen LogP contribution is 2.25. The van der Waals surface area contributed by atoms with Gasteiger partial charge in [0.25, 0.3) is 0 Å². The third kappa shape index (κ3) is 3.01. The zero-order chi connectivity index (χ0) is 15.5. The zero-order valence-electron chi connectivity index (χ0n) is 13.3. The first kappa shape index (κ1) is 14.7. The minimum absolute atomic E-state index is 0.420. The molecule has 0 unspecified atom stereocenters. The van der Waals surface area contributed by atoms with E-state index < -0.39 is 0 Å². The quantitative estimate of drug-likeness (QED) is 0.924. The average molecular weight is 298 g/mol. The SMILES string of the molecule is C[C@@H]1CNCCN1c1cc(-c2ccncc2)nc(N(C)C)n1. The Balaban J connectivity index is 2.04. The Kier molecular flexibility index (Phi) is 4.20. The van der Waals surface area contributed by atoms with Crippen LogP contribution < -0.4 is 15.1 Å². The van der Waals surface area contributed by atoms with E-state index in [9.17, 15) is 0 Å². The number of hydrogen-bond acceptors (Lipinski definition) is 6. The third-order valence-electron chi connectivity index (χ3n) is 3.87. The van der Waals surface area contributed by atoms with Gasteiger partial charge < -0.3 is 15.1 Å². The van der Waals surface area contributed by atoms with Gasteiger partial charge in [-0.3, -0.25) is 4.98 Å². The number of aromatic nitrogens is 3. The molecule has 2 aromatic heterocycles. The molecule has 0 aliphatic carbocycles. The van der Waals surface area contributed by atoms with Gasteiger partial charge in [0, 0.05) is 63.8 Å². The largest absolute Gasteiger partial charge is 0.351 e. The van der Waals surface area contributed by atoms with E-state index in [-0.39, 0.29) is 0 Å². The van der Waals surface area contributed by atoms with Crippen LogP contribution in [0.3, 0.4) is 0 Å². The highest BCUT2D eigenvalue weighted by molar-refractivity contribution is 5.64. The fourth-order valence-corrected chi connectivity index (χ4v) is 2.62. The highest BCUT2D eigenvalue weighted by atomic mass is 15.3. The number of piperazine rings is 1. The molecule has 3 rings (SSSR count). The monoisotopic (exact) mass is 298 g/mol. The molecule has 0 radical (unpaired) electrons. The summed E-state index contributed by atoms with van der Waals surface area (Å²) in [6, 6.07) is 6.45. The van der Waals surface area contributed by atoms with Crippen molar-refractivity contribution in [3.05, 3.63) is 30.6 Å². The van der Waals surface area contributed by atoms with Crippen molar-refractivity contribution in [2.75, 3.05) is 43.5 Å². The Labute approximate surface area is 131 Å². The van der Waals surface area contributed by atoms with E-state index in [0.717, 1.165) is 42.7 Å². The Morgan fingerprint density at radius 1 is 1.23 bits per heavy atom. The van der Waals surface area contributed by atoms with Crippen LogP contribution in [0.1, 0.15) is 6.92 Å². The first-order valence-electron chi connectivity index (χ1n) is 7.59. The van der Waals surface area contributed by atoms with Crippen molar-refractivity contribution in [2.24, 2.45) is 0 Å². The van der Waals surface area contributed by atoms with Crippen molar-refractivity contribution >= 4 is 11.8 Å². The maximum atomic E-state index is 4.73. The first-order valence-corrected chi connectivity index (χ1v) is 7.59. The summed E-state index contributed by atoms with van der Waals surface area (Å²) >= 11 is 0. The van der Waals surface area contributed by atoms with Gasteiger partial charge in [-0.1, -0.05) is 0 Å². The number of pyridine rings is 1. The Bertz CT molecular complexity index is 628. The third-order valence-corrected chi connectivity index (χ3v) is 3.87. The molecule has 1 aliphatic rings. The minimum Gasteiger partial charge on any atom is -0.351 e. The lowest BCUT2D eigenvalue weighted by atomic mass is 10.1. The van der Waals surface area contributed by atoms with E-state index in [0.29, 0.717) is 6.04 Å². The molecule has 1 aliphatic heterocycles. The normalized spacial score (nSPS) is 18.3. The van der Waals surface area contributed by atoms with Crippen molar-refractivity contribution in [2.45, 2.75) is 13.0 Å². The second kappa shape index (κ2) is 6.27. The van der Waals surface area contributed by atoms with Crippen LogP contribution >= 0.6 is 0 Å². The molecule has 0 amide bonds. The second-order valence-electron chi connectivity index (χ2n) is 5.79. The lowest BCUT2D eigenvalue weighted by Crippen LogP contribution is -2.50. The molecule has 2 aromatic rings. The van der Waals surface area contributed by atoms with Gasteiger partial charge in [-0.05, 0) is 19.1 Å². The molecule has 3 heterocycles. The number of rotatable bonds is 3. The van der Waals surface area contributed by atoms with Gasteiger partial charge >= 0.3 is 0 Å². The van der Waals surface area contributed by atoms with E-state index >= 15 is 0 Å². The van der Waals surface area contributed by atoms with E-state index in [1.54, 1.807) is 12.4 Å². The van der Waals surface area contributed by atoms with Gasteiger partial charge in [-0.2, -0.15) is 4.98 Å². The van der Waals surface area contributed by atoms with Crippen LogP contribution in [0.2, 0.25) is 0 Å². The molecule has 1 fully saturated rings. The van der Waals surface area contributed by atoms with Gasteiger partial charge in [-0.25, -0.2) is 4.98 Å². The van der Waals surface area contributed by atoms with E-state index in [1.165, 1.54) is 0 Å². The van der Waals surface area contributed by atoms with Crippen molar-refractivity contribution in [3.63, 3.8) is 0 Å². The molecule has 0 bridgehead atoms. The molecule has 6 nitrogen and oxygen atoms in total. The summed E-state index contributed by atoms with van der Waals surface area (Å²) in [5.41, 5.74) is 1.99. The van der Waals surface area contributed by atoms with Crippen LogP contribution in [0.5, 0.6) is 0 Å². The van der Waals surface area contributed by atoms with E-state index in [2.05, 4.69) is 33.2 Å². The Morgan fingerprint density at radius 3 is 2.68 bits per heavy atom. The smallest absolute Gasteiger partial charge is 0.227 e. The number of nitrogens with one attached hydrogen (secondary N) is 1. The standard InChI is InChI=1S/C16H22N6/c1-12-11-18-8-9-22(12)15-10-14(13-4-6-17-7-5-13)19-16(20-15)21(2)3/h4-7,10,12,18H,8-9,11H2,1-3H3/t12-/m1/s1. The fourth-order valence-electron chi connectivity index (χ4n) is 2.62. The van der Waals surface area contributed by atoms with Gasteiger partial charge in [0.2, 0.25) is 5.95 Å². The van der Waals surface area contributed by atoms with Crippen LogP contribution in [-0.2, 0) is 0 Å². The Hall–Kier alpha value is -2.21. The first-order chi connectivity index (χ1) is 10.6. The van der Waals surface area contributed by atoms with Crippen LogP contribution in [0.15, 0.2) is 30.6 Å². The summed E-state index contributed by atoms with van der Waals surface area (Å²) in [6.07, 6.45) is 3.58. The summed E-state index contributed by atoms with van der Waals surface area (Å²) in [5.74, 6) is 1.72. The Morgan fingerprint density at radius 2 is 2.00 bits per heavy atom. The number of anilines is 2. The molecule has 1 atom stereocenters. The molecular weight excluding hydrogens is 276 g/mol. The molecule has 0 saturated carbocycles. The molecule has 1 saturated heterocycles. The van der Waals surface area contributed by atoms with Crippen LogP contribution in [0.25, 0.3) is 11.3 Å². The molecule has 22 heavy (non-hydrogen) atoms.